The molecule has 1 aromatic carbocycles. The first-order valence-electron chi connectivity index (χ1n) is 11.3. The van der Waals surface area contributed by atoms with Crippen molar-refractivity contribution in [3.63, 3.8) is 0 Å². The third kappa shape index (κ3) is 3.74. The van der Waals surface area contributed by atoms with Gasteiger partial charge in [-0.3, -0.25) is 0 Å². The number of hydrogen-bond acceptors (Lipinski definition) is 7. The van der Waals surface area contributed by atoms with Crippen LogP contribution in [0.2, 0.25) is 0 Å². The Labute approximate surface area is 188 Å². The summed E-state index contributed by atoms with van der Waals surface area (Å²) >= 11 is 0. The predicted molar refractivity (Wildman–Crippen MR) is 119 cm³/mol. The summed E-state index contributed by atoms with van der Waals surface area (Å²) in [5.74, 6) is 0.624. The van der Waals surface area contributed by atoms with Gasteiger partial charge in [0, 0.05) is 31.4 Å². The van der Waals surface area contributed by atoms with E-state index >= 15 is 0 Å². The van der Waals surface area contributed by atoms with Crippen LogP contribution in [0.1, 0.15) is 58.0 Å². The summed E-state index contributed by atoms with van der Waals surface area (Å²) in [7, 11) is 0. The van der Waals surface area contributed by atoms with Gasteiger partial charge in [0.2, 0.25) is 0 Å². The van der Waals surface area contributed by atoms with Crippen molar-refractivity contribution in [3.05, 3.63) is 58.3 Å². The van der Waals surface area contributed by atoms with Crippen LogP contribution in [-0.4, -0.2) is 53.7 Å². The molecule has 7 nitrogen and oxygen atoms in total. The number of likely N-dealkylation sites (tertiary alicyclic amines) is 1. The van der Waals surface area contributed by atoms with E-state index in [0.29, 0.717) is 24.3 Å². The van der Waals surface area contributed by atoms with E-state index in [0.717, 1.165) is 67.9 Å². The summed E-state index contributed by atoms with van der Waals surface area (Å²) in [6, 6.07) is 9.47. The van der Waals surface area contributed by atoms with Crippen LogP contribution in [0.4, 0.5) is 5.82 Å². The number of carbonyl (C=O) groups is 1. The molecule has 2 fully saturated rings. The highest BCUT2D eigenvalue weighted by Gasteiger charge is 2.41. The Bertz CT molecular complexity index is 1090. The smallest absolute Gasteiger partial charge is 0.338 e. The molecule has 1 aromatic heterocycles. The van der Waals surface area contributed by atoms with Gasteiger partial charge in [-0.25, -0.2) is 9.78 Å². The van der Waals surface area contributed by atoms with Crippen molar-refractivity contribution in [2.45, 2.75) is 38.9 Å². The number of aliphatic hydroxyl groups excluding tert-OH is 1. The second-order valence-corrected chi connectivity index (χ2v) is 9.38. The van der Waals surface area contributed by atoms with Crippen LogP contribution in [0.3, 0.4) is 0 Å². The first kappa shape index (κ1) is 20.9. The Morgan fingerprint density at radius 1 is 1.25 bits per heavy atom. The van der Waals surface area contributed by atoms with Crippen LogP contribution in [-0.2, 0) is 11.3 Å². The van der Waals surface area contributed by atoms with Crippen molar-refractivity contribution >= 4 is 11.8 Å². The van der Waals surface area contributed by atoms with E-state index in [9.17, 15) is 9.90 Å². The van der Waals surface area contributed by atoms with Crippen LogP contribution in [0, 0.1) is 23.7 Å². The lowest BCUT2D eigenvalue weighted by Gasteiger charge is -2.40. The van der Waals surface area contributed by atoms with Crippen molar-refractivity contribution in [2.75, 3.05) is 37.6 Å². The van der Waals surface area contributed by atoms with E-state index < -0.39 is 6.10 Å². The standard InChI is InChI=1S/C25H28N4O3/c1-17-19(2-3-20-21(17)15-32-24(20)31)22(30)14-28-9-5-25(6-10-28)7-11-29(16-25)23-12-18(13-26)4-8-27-23/h2-4,8,12,22,30H,5-7,9-11,14-16H2,1H3. The quantitative estimate of drug-likeness (QED) is 0.743. The monoisotopic (exact) mass is 432 g/mol. The van der Waals surface area contributed by atoms with Crippen LogP contribution < -0.4 is 4.90 Å². The van der Waals surface area contributed by atoms with Crippen molar-refractivity contribution in [3.8, 4) is 6.07 Å². The number of benzene rings is 1. The molecule has 1 unspecified atom stereocenters. The fourth-order valence-corrected chi connectivity index (χ4v) is 5.48. The number of anilines is 1. The molecular formula is C25H28N4O3. The fraction of sp³-hybridized carbons (Fsp3) is 0.480. The number of hydrogen-bond donors (Lipinski definition) is 1. The highest BCUT2D eigenvalue weighted by atomic mass is 16.5. The molecule has 166 valence electrons. The molecule has 3 aliphatic rings. The lowest BCUT2D eigenvalue weighted by Crippen LogP contribution is -2.43. The van der Waals surface area contributed by atoms with E-state index in [-0.39, 0.29) is 11.4 Å². The largest absolute Gasteiger partial charge is 0.457 e. The second kappa shape index (κ2) is 8.19. The highest BCUT2D eigenvalue weighted by Crippen LogP contribution is 2.42. The number of esters is 1. The van der Waals surface area contributed by atoms with Crippen LogP contribution >= 0.6 is 0 Å². The lowest BCUT2D eigenvalue weighted by molar-refractivity contribution is 0.0534. The zero-order chi connectivity index (χ0) is 22.3. The van der Waals surface area contributed by atoms with Crippen LogP contribution in [0.15, 0.2) is 30.5 Å². The number of aliphatic hydroxyl groups is 1. The van der Waals surface area contributed by atoms with E-state index in [2.05, 4.69) is 20.9 Å². The number of piperidine rings is 1. The summed E-state index contributed by atoms with van der Waals surface area (Å²) in [6.07, 6.45) is 4.47. The Balaban J connectivity index is 1.20. The van der Waals surface area contributed by atoms with E-state index in [1.54, 1.807) is 18.3 Å². The van der Waals surface area contributed by atoms with Crippen molar-refractivity contribution in [1.82, 2.24) is 9.88 Å². The SMILES string of the molecule is Cc1c(C(O)CN2CCC3(CC2)CCN(c2cc(C#N)ccn2)C3)ccc2c1COC2=O. The molecule has 32 heavy (non-hydrogen) atoms. The predicted octanol–water partition coefficient (Wildman–Crippen LogP) is 2.96. The van der Waals surface area contributed by atoms with Crippen LogP contribution in [0.5, 0.6) is 0 Å². The minimum atomic E-state index is -0.581. The number of nitrogens with zero attached hydrogens (tertiary/aromatic N) is 4. The fourth-order valence-electron chi connectivity index (χ4n) is 5.48. The van der Waals surface area contributed by atoms with Gasteiger partial charge in [-0.05, 0) is 74.0 Å². The molecule has 3 aliphatic heterocycles. The second-order valence-electron chi connectivity index (χ2n) is 9.38. The molecule has 0 bridgehead atoms. The molecule has 7 heteroatoms. The number of carbonyl (C=O) groups excluding carboxylic acids is 1. The average Bonchev–Trinajstić information content (AvgIpc) is 3.40. The Kier molecular flexibility index (Phi) is 5.36. The van der Waals surface area contributed by atoms with E-state index in [1.165, 1.54) is 0 Å². The molecular weight excluding hydrogens is 404 g/mol. The van der Waals surface area contributed by atoms with Gasteiger partial charge in [-0.1, -0.05) is 6.07 Å². The normalized spacial score (nSPS) is 20.8. The number of aromatic nitrogens is 1. The number of rotatable bonds is 4. The molecule has 1 atom stereocenters. The topological polar surface area (TPSA) is 89.7 Å². The van der Waals surface area contributed by atoms with Crippen molar-refractivity contribution in [2.24, 2.45) is 5.41 Å². The Hall–Kier alpha value is -2.95. The molecule has 0 saturated carbocycles. The van der Waals surface area contributed by atoms with Gasteiger partial charge >= 0.3 is 5.97 Å². The maximum absolute atomic E-state index is 11.8. The van der Waals surface area contributed by atoms with Gasteiger partial charge in [0.1, 0.15) is 12.4 Å². The number of β-amino-alcohol motifs (C(OH)–C–C–N with tert-alkyl or cyclic N) is 1. The van der Waals surface area contributed by atoms with Crippen molar-refractivity contribution in [1.29, 1.82) is 5.26 Å². The maximum atomic E-state index is 11.8. The molecule has 0 aliphatic carbocycles. The summed E-state index contributed by atoms with van der Waals surface area (Å²) in [5.41, 5.74) is 4.32. The van der Waals surface area contributed by atoms with E-state index in [1.807, 2.05) is 19.1 Å². The Morgan fingerprint density at radius 3 is 2.81 bits per heavy atom. The summed E-state index contributed by atoms with van der Waals surface area (Å²) in [4.78, 5) is 20.9. The van der Waals surface area contributed by atoms with Gasteiger partial charge in [-0.2, -0.15) is 5.26 Å². The van der Waals surface area contributed by atoms with Gasteiger partial charge < -0.3 is 19.6 Å². The molecule has 1 spiro atoms. The summed E-state index contributed by atoms with van der Waals surface area (Å²) < 4.78 is 5.14. The first-order chi connectivity index (χ1) is 15.5. The third-order valence-electron chi connectivity index (χ3n) is 7.55. The highest BCUT2D eigenvalue weighted by molar-refractivity contribution is 5.93. The summed E-state index contributed by atoms with van der Waals surface area (Å²) in [5, 5.41) is 20.1. The number of nitriles is 1. The molecule has 1 N–H and O–H groups in total. The molecule has 5 rings (SSSR count). The number of ether oxygens (including phenoxy) is 1. The van der Waals surface area contributed by atoms with Gasteiger partial charge in [-0.15, -0.1) is 0 Å². The minimum Gasteiger partial charge on any atom is -0.457 e. The molecule has 4 heterocycles. The molecule has 0 radical (unpaired) electrons. The van der Waals surface area contributed by atoms with Gasteiger partial charge in [0.05, 0.1) is 23.3 Å². The first-order valence-corrected chi connectivity index (χ1v) is 11.3. The molecule has 0 amide bonds. The summed E-state index contributed by atoms with van der Waals surface area (Å²) in [6.45, 7) is 6.73. The maximum Gasteiger partial charge on any atom is 0.338 e. The van der Waals surface area contributed by atoms with Crippen molar-refractivity contribution < 1.29 is 14.6 Å². The average molecular weight is 433 g/mol. The van der Waals surface area contributed by atoms with Crippen LogP contribution in [0.25, 0.3) is 0 Å². The molecule has 2 aromatic rings. The minimum absolute atomic E-state index is 0.273. The zero-order valence-corrected chi connectivity index (χ0v) is 18.4. The number of fused-ring (bicyclic) bond motifs is 1. The van der Waals surface area contributed by atoms with E-state index in [4.69, 9.17) is 10.00 Å². The van der Waals surface area contributed by atoms with Gasteiger partial charge in [0.25, 0.3) is 0 Å². The number of pyridine rings is 1. The van der Waals surface area contributed by atoms with Gasteiger partial charge in [0.15, 0.2) is 0 Å². The zero-order valence-electron chi connectivity index (χ0n) is 18.4. The third-order valence-corrected chi connectivity index (χ3v) is 7.55. The Morgan fingerprint density at radius 2 is 2.03 bits per heavy atom. The number of cyclic esters (lactones) is 1. The lowest BCUT2D eigenvalue weighted by atomic mass is 9.77. The molecule has 2 saturated heterocycles.